The topological polar surface area (TPSA) is 62.3 Å². The molecule has 0 spiro atoms. The summed E-state index contributed by atoms with van der Waals surface area (Å²) < 4.78 is 19.2. The SMILES string of the molecule is C=CCn1c(SCCOc2ccccc2)nnc1-c1cc2cccc(OC)c2o1. The van der Waals surface area contributed by atoms with Crippen molar-refractivity contribution in [1.82, 2.24) is 14.8 Å². The first-order valence-electron chi connectivity index (χ1n) is 9.22. The Labute approximate surface area is 173 Å². The molecule has 2 heterocycles. The summed E-state index contributed by atoms with van der Waals surface area (Å²) in [7, 11) is 1.63. The van der Waals surface area contributed by atoms with Gasteiger partial charge in [-0.15, -0.1) is 16.8 Å². The van der Waals surface area contributed by atoms with E-state index in [-0.39, 0.29) is 0 Å². The van der Waals surface area contributed by atoms with Crippen LogP contribution in [-0.2, 0) is 6.54 Å². The van der Waals surface area contributed by atoms with Crippen LogP contribution in [0.4, 0.5) is 0 Å². The van der Waals surface area contributed by atoms with Crippen molar-refractivity contribution in [2.75, 3.05) is 19.5 Å². The van der Waals surface area contributed by atoms with Crippen LogP contribution in [0.5, 0.6) is 11.5 Å². The number of furan rings is 1. The molecule has 4 rings (SSSR count). The fraction of sp³-hybridized carbons (Fsp3) is 0.182. The van der Waals surface area contributed by atoms with Crippen molar-refractivity contribution in [3.8, 4) is 23.1 Å². The van der Waals surface area contributed by atoms with Crippen molar-refractivity contribution < 1.29 is 13.9 Å². The number of hydrogen-bond donors (Lipinski definition) is 0. The molecule has 0 aliphatic heterocycles. The molecule has 0 fully saturated rings. The number of aromatic nitrogens is 3. The second-order valence-electron chi connectivity index (χ2n) is 6.20. The zero-order chi connectivity index (χ0) is 20.1. The molecule has 0 unspecified atom stereocenters. The van der Waals surface area contributed by atoms with Crippen LogP contribution in [0, 0.1) is 0 Å². The van der Waals surface area contributed by atoms with Gasteiger partial charge < -0.3 is 13.9 Å². The van der Waals surface area contributed by atoms with E-state index in [0.717, 1.165) is 22.0 Å². The van der Waals surface area contributed by atoms with Gasteiger partial charge in [0, 0.05) is 17.7 Å². The lowest BCUT2D eigenvalue weighted by Gasteiger charge is -2.07. The Morgan fingerprint density at radius 3 is 2.79 bits per heavy atom. The molecule has 7 heteroatoms. The van der Waals surface area contributed by atoms with Gasteiger partial charge in [-0.25, -0.2) is 0 Å². The number of nitrogens with zero attached hydrogens (tertiary/aromatic N) is 3. The molecule has 0 aliphatic rings. The summed E-state index contributed by atoms with van der Waals surface area (Å²) in [5, 5.41) is 10.5. The molecule has 0 saturated carbocycles. The number of benzene rings is 2. The van der Waals surface area contributed by atoms with Crippen LogP contribution in [0.15, 0.2) is 76.8 Å². The van der Waals surface area contributed by atoms with Crippen molar-refractivity contribution in [1.29, 1.82) is 0 Å². The molecule has 0 aliphatic carbocycles. The fourth-order valence-corrected chi connectivity index (χ4v) is 3.75. The molecule has 0 N–H and O–H groups in total. The average Bonchev–Trinajstić information content (AvgIpc) is 3.36. The molecule has 2 aromatic heterocycles. The highest BCUT2D eigenvalue weighted by Gasteiger charge is 2.18. The van der Waals surface area contributed by atoms with Crippen LogP contribution >= 0.6 is 11.8 Å². The molecule has 6 nitrogen and oxygen atoms in total. The Bertz CT molecular complexity index is 1110. The van der Waals surface area contributed by atoms with Crippen LogP contribution in [0.1, 0.15) is 0 Å². The maximum atomic E-state index is 6.04. The largest absolute Gasteiger partial charge is 0.493 e. The summed E-state index contributed by atoms with van der Waals surface area (Å²) in [6.07, 6.45) is 1.82. The van der Waals surface area contributed by atoms with E-state index < -0.39 is 0 Å². The minimum absolute atomic E-state index is 0.576. The number of ether oxygens (including phenoxy) is 2. The summed E-state index contributed by atoms with van der Waals surface area (Å²) in [6.45, 7) is 5.01. The first-order chi connectivity index (χ1) is 14.3. The normalized spacial score (nSPS) is 10.9. The number of para-hydroxylation sites is 2. The number of thioether (sulfide) groups is 1. The van der Waals surface area contributed by atoms with E-state index >= 15 is 0 Å². The van der Waals surface area contributed by atoms with E-state index in [1.54, 1.807) is 18.9 Å². The second kappa shape index (κ2) is 8.87. The Morgan fingerprint density at radius 2 is 2.00 bits per heavy atom. The van der Waals surface area contributed by atoms with Gasteiger partial charge in [-0.2, -0.15) is 0 Å². The lowest BCUT2D eigenvalue weighted by Crippen LogP contribution is -2.03. The van der Waals surface area contributed by atoms with Gasteiger partial charge in [0.2, 0.25) is 5.82 Å². The Balaban J connectivity index is 1.53. The summed E-state index contributed by atoms with van der Waals surface area (Å²) >= 11 is 1.59. The van der Waals surface area contributed by atoms with Gasteiger partial charge in [-0.3, -0.25) is 4.57 Å². The predicted molar refractivity (Wildman–Crippen MR) is 115 cm³/mol. The molecule has 0 bridgehead atoms. The molecule has 0 saturated heterocycles. The first-order valence-corrected chi connectivity index (χ1v) is 10.2. The van der Waals surface area contributed by atoms with E-state index in [1.165, 1.54) is 0 Å². The van der Waals surface area contributed by atoms with Crippen LogP contribution in [-0.4, -0.2) is 34.2 Å². The van der Waals surface area contributed by atoms with E-state index in [9.17, 15) is 0 Å². The Morgan fingerprint density at radius 1 is 1.14 bits per heavy atom. The molecule has 148 valence electrons. The third kappa shape index (κ3) is 4.14. The lowest BCUT2D eigenvalue weighted by atomic mass is 10.2. The smallest absolute Gasteiger partial charge is 0.200 e. The predicted octanol–water partition coefficient (Wildman–Crippen LogP) is 5.06. The van der Waals surface area contributed by atoms with Gasteiger partial charge >= 0.3 is 0 Å². The molecule has 29 heavy (non-hydrogen) atoms. The molecule has 2 aromatic carbocycles. The van der Waals surface area contributed by atoms with Crippen molar-refractivity contribution in [3.05, 3.63) is 67.3 Å². The van der Waals surface area contributed by atoms with Gasteiger partial charge in [0.25, 0.3) is 0 Å². The van der Waals surface area contributed by atoms with E-state index in [1.807, 2.05) is 65.2 Å². The average molecular weight is 407 g/mol. The fourth-order valence-electron chi connectivity index (χ4n) is 2.99. The summed E-state index contributed by atoms with van der Waals surface area (Å²) in [5.41, 5.74) is 0.698. The van der Waals surface area contributed by atoms with E-state index in [4.69, 9.17) is 13.9 Å². The number of allylic oxidation sites excluding steroid dienone is 1. The maximum Gasteiger partial charge on any atom is 0.200 e. The highest BCUT2D eigenvalue weighted by Crippen LogP contribution is 2.33. The monoisotopic (exact) mass is 407 g/mol. The zero-order valence-electron chi connectivity index (χ0n) is 16.1. The van der Waals surface area contributed by atoms with Crippen LogP contribution in [0.25, 0.3) is 22.6 Å². The van der Waals surface area contributed by atoms with Gasteiger partial charge in [0.1, 0.15) is 5.75 Å². The lowest BCUT2D eigenvalue weighted by molar-refractivity contribution is 0.344. The third-order valence-electron chi connectivity index (χ3n) is 4.30. The van der Waals surface area contributed by atoms with Gasteiger partial charge in [-0.05, 0) is 24.3 Å². The Kier molecular flexibility index (Phi) is 5.86. The van der Waals surface area contributed by atoms with Gasteiger partial charge in [0.05, 0.1) is 13.7 Å². The van der Waals surface area contributed by atoms with Crippen LogP contribution in [0.3, 0.4) is 0 Å². The second-order valence-corrected chi connectivity index (χ2v) is 7.27. The van der Waals surface area contributed by atoms with Crippen molar-refractivity contribution in [3.63, 3.8) is 0 Å². The molecule has 0 radical (unpaired) electrons. The molecular formula is C22H21N3O3S. The van der Waals surface area contributed by atoms with Gasteiger partial charge in [0.15, 0.2) is 22.2 Å². The number of hydrogen-bond acceptors (Lipinski definition) is 6. The van der Waals surface area contributed by atoms with E-state index in [2.05, 4.69) is 16.8 Å². The summed E-state index contributed by atoms with van der Waals surface area (Å²) in [4.78, 5) is 0. The van der Waals surface area contributed by atoms with Crippen LogP contribution in [0.2, 0.25) is 0 Å². The highest BCUT2D eigenvalue weighted by atomic mass is 32.2. The minimum atomic E-state index is 0.576. The molecule has 0 amide bonds. The zero-order valence-corrected chi connectivity index (χ0v) is 16.9. The molecular weight excluding hydrogens is 386 g/mol. The highest BCUT2D eigenvalue weighted by molar-refractivity contribution is 7.99. The summed E-state index contributed by atoms with van der Waals surface area (Å²) in [6, 6.07) is 17.5. The van der Waals surface area contributed by atoms with E-state index in [0.29, 0.717) is 36.1 Å². The summed E-state index contributed by atoms with van der Waals surface area (Å²) in [5.74, 6) is 3.60. The van der Waals surface area contributed by atoms with Crippen LogP contribution < -0.4 is 9.47 Å². The third-order valence-corrected chi connectivity index (χ3v) is 5.23. The van der Waals surface area contributed by atoms with Crippen molar-refractivity contribution >= 4 is 22.7 Å². The quantitative estimate of drug-likeness (QED) is 0.220. The number of rotatable bonds is 9. The maximum absolute atomic E-state index is 6.04. The number of methoxy groups -OCH3 is 1. The standard InChI is InChI=1S/C22H21N3O3S/c1-3-12-25-21(19-15-16-8-7-11-18(26-2)20(16)28-19)23-24-22(25)29-14-13-27-17-9-5-4-6-10-17/h3-11,15H,1,12-14H2,2H3. The van der Waals surface area contributed by atoms with Crippen molar-refractivity contribution in [2.45, 2.75) is 11.7 Å². The molecule has 0 atom stereocenters. The van der Waals surface area contributed by atoms with Gasteiger partial charge in [-0.1, -0.05) is 48.2 Å². The molecule has 4 aromatic rings. The minimum Gasteiger partial charge on any atom is -0.493 e. The van der Waals surface area contributed by atoms with Crippen molar-refractivity contribution in [2.24, 2.45) is 0 Å². The first kappa shape index (κ1) is 19.1. The Hall–Kier alpha value is -3.19. The number of fused-ring (bicyclic) bond motifs is 1.